The number of aryl methyl sites for hydroxylation is 1. The van der Waals surface area contributed by atoms with E-state index >= 15 is 0 Å². The van der Waals surface area contributed by atoms with Crippen molar-refractivity contribution < 1.29 is 18.0 Å². The molecule has 0 aliphatic rings. The Morgan fingerprint density at radius 3 is 2.41 bits per heavy atom. The summed E-state index contributed by atoms with van der Waals surface area (Å²) >= 11 is 0. The van der Waals surface area contributed by atoms with Gasteiger partial charge in [0.25, 0.3) is 5.91 Å². The summed E-state index contributed by atoms with van der Waals surface area (Å²) in [4.78, 5) is 20.2. The number of anilines is 3. The van der Waals surface area contributed by atoms with Gasteiger partial charge < -0.3 is 10.6 Å². The first-order chi connectivity index (χ1) is 12.8. The zero-order chi connectivity index (χ0) is 19.4. The summed E-state index contributed by atoms with van der Waals surface area (Å²) in [5.41, 5.74) is 1.17. The minimum absolute atomic E-state index is 0.0834. The number of hydrogen-bond donors (Lipinski definition) is 2. The van der Waals surface area contributed by atoms with Crippen LogP contribution in [-0.4, -0.2) is 15.9 Å². The fourth-order valence-electron chi connectivity index (χ4n) is 2.30. The molecule has 0 aliphatic carbocycles. The highest BCUT2D eigenvalue weighted by atomic mass is 19.4. The number of hydrogen-bond acceptors (Lipinski definition) is 4. The summed E-state index contributed by atoms with van der Waals surface area (Å²) in [6, 6.07) is 13.3. The molecule has 0 fully saturated rings. The molecule has 3 rings (SSSR count). The first kappa shape index (κ1) is 18.4. The topological polar surface area (TPSA) is 66.9 Å². The molecule has 2 aromatic carbocycles. The van der Waals surface area contributed by atoms with Crippen LogP contribution >= 0.6 is 0 Å². The number of nitrogens with one attached hydrogen (secondary N) is 2. The summed E-state index contributed by atoms with van der Waals surface area (Å²) in [5.74, 6) is -0.244. The molecular formula is C19H15F3N4O. The molecule has 0 unspecified atom stereocenters. The van der Waals surface area contributed by atoms with Crippen LogP contribution in [0.3, 0.4) is 0 Å². The van der Waals surface area contributed by atoms with E-state index in [-0.39, 0.29) is 17.2 Å². The summed E-state index contributed by atoms with van der Waals surface area (Å²) in [6.07, 6.45) is -3.28. The van der Waals surface area contributed by atoms with Crippen molar-refractivity contribution in [2.45, 2.75) is 13.1 Å². The van der Waals surface area contributed by atoms with Crippen LogP contribution < -0.4 is 10.6 Å². The van der Waals surface area contributed by atoms with E-state index in [4.69, 9.17) is 0 Å². The fourth-order valence-corrected chi connectivity index (χ4v) is 2.30. The lowest BCUT2D eigenvalue weighted by Gasteiger charge is -2.11. The van der Waals surface area contributed by atoms with Gasteiger partial charge >= 0.3 is 6.18 Å². The number of carbonyl (C=O) groups is 1. The van der Waals surface area contributed by atoms with Gasteiger partial charge in [0.1, 0.15) is 17.8 Å². The van der Waals surface area contributed by atoms with E-state index in [0.29, 0.717) is 5.69 Å². The molecular weight excluding hydrogens is 357 g/mol. The molecule has 27 heavy (non-hydrogen) atoms. The van der Waals surface area contributed by atoms with E-state index in [1.807, 2.05) is 19.1 Å². The molecule has 3 aromatic rings. The lowest BCUT2D eigenvalue weighted by molar-refractivity contribution is -0.137. The zero-order valence-corrected chi connectivity index (χ0v) is 14.2. The highest BCUT2D eigenvalue weighted by Crippen LogP contribution is 2.31. The molecule has 2 N–H and O–H groups in total. The monoisotopic (exact) mass is 372 g/mol. The van der Waals surface area contributed by atoms with Gasteiger partial charge in [-0.2, -0.15) is 13.2 Å². The van der Waals surface area contributed by atoms with E-state index in [1.165, 1.54) is 24.5 Å². The second-order valence-corrected chi connectivity index (χ2v) is 5.81. The number of alkyl halides is 3. The van der Waals surface area contributed by atoms with Crippen molar-refractivity contribution in [3.05, 3.63) is 77.7 Å². The Balaban J connectivity index is 1.75. The normalized spacial score (nSPS) is 11.1. The average Bonchev–Trinajstić information content (AvgIpc) is 2.63. The SMILES string of the molecule is Cc1ccc(NC(=O)c2cc(Nc3cccc(C(F)(F)F)c3)ncn2)cc1. The number of halogens is 3. The number of carbonyl (C=O) groups excluding carboxylic acids is 1. The summed E-state index contributed by atoms with van der Waals surface area (Å²) in [6.45, 7) is 1.93. The van der Waals surface area contributed by atoms with E-state index in [2.05, 4.69) is 20.6 Å². The lowest BCUT2D eigenvalue weighted by atomic mass is 10.2. The van der Waals surface area contributed by atoms with E-state index in [9.17, 15) is 18.0 Å². The van der Waals surface area contributed by atoms with E-state index < -0.39 is 17.6 Å². The third kappa shape index (κ3) is 4.81. The molecule has 1 aromatic heterocycles. The highest BCUT2D eigenvalue weighted by molar-refractivity contribution is 6.03. The molecule has 0 aliphatic heterocycles. The van der Waals surface area contributed by atoms with Gasteiger partial charge in [0, 0.05) is 17.4 Å². The first-order valence-corrected chi connectivity index (χ1v) is 7.95. The molecule has 0 saturated carbocycles. The van der Waals surface area contributed by atoms with Crippen LogP contribution in [0.15, 0.2) is 60.9 Å². The average molecular weight is 372 g/mol. The van der Waals surface area contributed by atoms with Crippen molar-refractivity contribution in [3.63, 3.8) is 0 Å². The Bertz CT molecular complexity index is 956. The third-order valence-electron chi connectivity index (χ3n) is 3.67. The Kier molecular flexibility index (Phi) is 5.07. The van der Waals surface area contributed by atoms with Crippen LogP contribution in [0.1, 0.15) is 21.6 Å². The van der Waals surface area contributed by atoms with Crippen LogP contribution in [0.25, 0.3) is 0 Å². The zero-order valence-electron chi connectivity index (χ0n) is 14.2. The largest absolute Gasteiger partial charge is 0.416 e. The van der Waals surface area contributed by atoms with Gasteiger partial charge in [-0.15, -0.1) is 0 Å². The predicted octanol–water partition coefficient (Wildman–Crippen LogP) is 4.80. The van der Waals surface area contributed by atoms with Gasteiger partial charge in [0.2, 0.25) is 0 Å². The summed E-state index contributed by atoms with van der Waals surface area (Å²) < 4.78 is 38.4. The molecule has 0 saturated heterocycles. The van der Waals surface area contributed by atoms with Gasteiger partial charge in [-0.05, 0) is 37.3 Å². The molecule has 1 heterocycles. The van der Waals surface area contributed by atoms with Gasteiger partial charge in [-0.1, -0.05) is 23.8 Å². The van der Waals surface area contributed by atoms with Crippen molar-refractivity contribution in [1.29, 1.82) is 0 Å². The Morgan fingerprint density at radius 2 is 1.70 bits per heavy atom. The van der Waals surface area contributed by atoms with E-state index in [1.54, 1.807) is 12.1 Å². The molecule has 138 valence electrons. The van der Waals surface area contributed by atoms with Crippen LogP contribution in [0, 0.1) is 6.92 Å². The van der Waals surface area contributed by atoms with Gasteiger partial charge in [0.05, 0.1) is 5.56 Å². The van der Waals surface area contributed by atoms with Crippen molar-refractivity contribution in [2.75, 3.05) is 10.6 Å². The summed E-state index contributed by atoms with van der Waals surface area (Å²) in [7, 11) is 0. The fraction of sp³-hybridized carbons (Fsp3) is 0.105. The van der Waals surface area contributed by atoms with Crippen molar-refractivity contribution in [2.24, 2.45) is 0 Å². The molecule has 0 atom stereocenters. The van der Waals surface area contributed by atoms with Crippen molar-refractivity contribution in [1.82, 2.24) is 9.97 Å². The smallest absolute Gasteiger partial charge is 0.340 e. The van der Waals surface area contributed by atoms with Crippen molar-refractivity contribution >= 4 is 23.1 Å². The second kappa shape index (κ2) is 7.45. The summed E-state index contributed by atoms with van der Waals surface area (Å²) in [5, 5.41) is 5.45. The molecule has 0 bridgehead atoms. The molecule has 0 radical (unpaired) electrons. The maximum atomic E-state index is 12.8. The first-order valence-electron chi connectivity index (χ1n) is 7.95. The van der Waals surface area contributed by atoms with Crippen LogP contribution in [-0.2, 0) is 6.18 Å². The lowest BCUT2D eigenvalue weighted by Crippen LogP contribution is -2.14. The van der Waals surface area contributed by atoms with Crippen LogP contribution in [0.4, 0.5) is 30.4 Å². The van der Waals surface area contributed by atoms with Crippen LogP contribution in [0.2, 0.25) is 0 Å². The Hall–Kier alpha value is -3.42. The number of benzene rings is 2. The standard InChI is InChI=1S/C19H15F3N4O/c1-12-5-7-14(8-6-12)26-18(27)16-10-17(24-11-23-16)25-15-4-2-3-13(9-15)19(20,21)22/h2-11H,1H3,(H,26,27)(H,23,24,25). The maximum absolute atomic E-state index is 12.8. The molecule has 8 heteroatoms. The second-order valence-electron chi connectivity index (χ2n) is 5.81. The number of nitrogens with zero attached hydrogens (tertiary/aromatic N) is 2. The number of amides is 1. The van der Waals surface area contributed by atoms with Crippen molar-refractivity contribution in [3.8, 4) is 0 Å². The quantitative estimate of drug-likeness (QED) is 0.690. The van der Waals surface area contributed by atoms with Gasteiger partial charge in [0.15, 0.2) is 0 Å². The predicted molar refractivity (Wildman–Crippen MR) is 95.9 cm³/mol. The van der Waals surface area contributed by atoms with Gasteiger partial charge in [-0.25, -0.2) is 9.97 Å². The maximum Gasteiger partial charge on any atom is 0.416 e. The molecule has 5 nitrogen and oxygen atoms in total. The number of rotatable bonds is 4. The highest BCUT2D eigenvalue weighted by Gasteiger charge is 2.30. The van der Waals surface area contributed by atoms with Crippen LogP contribution in [0.5, 0.6) is 0 Å². The van der Waals surface area contributed by atoms with E-state index in [0.717, 1.165) is 17.7 Å². The Labute approximate surface area is 153 Å². The van der Waals surface area contributed by atoms with Gasteiger partial charge in [-0.3, -0.25) is 4.79 Å². The Morgan fingerprint density at radius 1 is 0.963 bits per heavy atom. The molecule has 0 spiro atoms. The minimum Gasteiger partial charge on any atom is -0.340 e. The third-order valence-corrected chi connectivity index (χ3v) is 3.67. The minimum atomic E-state index is -4.44. The number of aromatic nitrogens is 2. The molecule has 1 amide bonds.